The largest absolute Gasteiger partial charge is 0.375 e. The molecule has 0 fully saturated rings. The van der Waals surface area contributed by atoms with Crippen LogP contribution in [-0.2, 0) is 24.6 Å². The van der Waals surface area contributed by atoms with Crippen molar-refractivity contribution in [1.29, 1.82) is 0 Å². The van der Waals surface area contributed by atoms with Gasteiger partial charge in [0.05, 0.1) is 12.2 Å². The summed E-state index contributed by atoms with van der Waals surface area (Å²) in [6.45, 7) is 4.22. The topological polar surface area (TPSA) is 27.1 Å². The SMILES string of the molecule is CC(C)OC1CCc2c(c3ccc(Br)nc3n2C)C1. The molecule has 2 aromatic rings. The van der Waals surface area contributed by atoms with Gasteiger partial charge in [-0.15, -0.1) is 0 Å². The fourth-order valence-corrected chi connectivity index (χ4v) is 3.38. The third-order valence-corrected chi connectivity index (χ3v) is 4.28. The normalized spacial score (nSPS) is 19.1. The van der Waals surface area contributed by atoms with Crippen LogP contribution in [0.25, 0.3) is 11.0 Å². The van der Waals surface area contributed by atoms with Gasteiger partial charge in [-0.1, -0.05) is 0 Å². The highest BCUT2D eigenvalue weighted by Crippen LogP contribution is 2.32. The molecule has 1 aliphatic carbocycles. The lowest BCUT2D eigenvalue weighted by Crippen LogP contribution is -2.25. The van der Waals surface area contributed by atoms with Crippen molar-refractivity contribution in [2.75, 3.05) is 0 Å². The van der Waals surface area contributed by atoms with E-state index in [1.165, 1.54) is 16.6 Å². The van der Waals surface area contributed by atoms with Gasteiger partial charge in [0, 0.05) is 24.5 Å². The zero-order valence-electron chi connectivity index (χ0n) is 11.6. The van der Waals surface area contributed by atoms with Crippen LogP contribution in [0.1, 0.15) is 31.5 Å². The first-order chi connectivity index (χ1) is 9.06. The minimum Gasteiger partial charge on any atom is -0.375 e. The van der Waals surface area contributed by atoms with Crippen LogP contribution < -0.4 is 0 Å². The molecule has 3 nitrogen and oxygen atoms in total. The highest BCUT2D eigenvalue weighted by atomic mass is 79.9. The van der Waals surface area contributed by atoms with E-state index in [1.807, 2.05) is 6.07 Å². The molecule has 0 amide bonds. The van der Waals surface area contributed by atoms with Gasteiger partial charge in [0.2, 0.25) is 0 Å². The smallest absolute Gasteiger partial charge is 0.141 e. The molecule has 2 heterocycles. The lowest BCUT2D eigenvalue weighted by atomic mass is 9.93. The van der Waals surface area contributed by atoms with Crippen LogP contribution >= 0.6 is 15.9 Å². The van der Waals surface area contributed by atoms with Gasteiger partial charge in [-0.05, 0) is 60.3 Å². The van der Waals surface area contributed by atoms with Gasteiger partial charge in [-0.2, -0.15) is 0 Å². The molecule has 102 valence electrons. The number of aryl methyl sites for hydroxylation is 1. The highest BCUT2D eigenvalue weighted by Gasteiger charge is 2.25. The van der Waals surface area contributed by atoms with E-state index >= 15 is 0 Å². The molecular formula is C15H19BrN2O. The quantitative estimate of drug-likeness (QED) is 0.790. The first kappa shape index (κ1) is 13.1. The Labute approximate surface area is 122 Å². The van der Waals surface area contributed by atoms with Crippen LogP contribution in [0.5, 0.6) is 0 Å². The second-order valence-corrected chi connectivity index (χ2v) is 6.35. The summed E-state index contributed by atoms with van der Waals surface area (Å²) in [7, 11) is 2.12. The first-order valence-corrected chi connectivity index (χ1v) is 7.63. The Balaban J connectivity index is 2.04. The molecule has 0 aliphatic heterocycles. The Morgan fingerprint density at radius 2 is 2.21 bits per heavy atom. The number of nitrogens with zero attached hydrogens (tertiary/aromatic N) is 2. The number of hydrogen-bond acceptors (Lipinski definition) is 2. The van der Waals surface area contributed by atoms with E-state index in [9.17, 15) is 0 Å². The summed E-state index contributed by atoms with van der Waals surface area (Å²) in [5, 5.41) is 1.28. The highest BCUT2D eigenvalue weighted by molar-refractivity contribution is 9.10. The van der Waals surface area contributed by atoms with Gasteiger partial charge in [0.25, 0.3) is 0 Å². The summed E-state index contributed by atoms with van der Waals surface area (Å²) in [6.07, 6.45) is 3.84. The average molecular weight is 323 g/mol. The fourth-order valence-electron chi connectivity index (χ4n) is 3.08. The Kier molecular flexibility index (Phi) is 3.39. The molecule has 0 saturated heterocycles. The lowest BCUT2D eigenvalue weighted by Gasteiger charge is -2.25. The molecule has 2 aromatic heterocycles. The second-order valence-electron chi connectivity index (χ2n) is 5.54. The summed E-state index contributed by atoms with van der Waals surface area (Å²) in [5.41, 5.74) is 3.92. The third kappa shape index (κ3) is 2.32. The van der Waals surface area contributed by atoms with E-state index in [2.05, 4.69) is 52.4 Å². The predicted octanol–water partition coefficient (Wildman–Crippen LogP) is 3.62. The zero-order valence-corrected chi connectivity index (χ0v) is 13.2. The fraction of sp³-hybridized carbons (Fsp3) is 0.533. The van der Waals surface area contributed by atoms with Gasteiger partial charge in [-0.3, -0.25) is 0 Å². The van der Waals surface area contributed by atoms with Crippen molar-refractivity contribution in [3.05, 3.63) is 28.0 Å². The van der Waals surface area contributed by atoms with Crippen LogP contribution in [0.2, 0.25) is 0 Å². The van der Waals surface area contributed by atoms with Crippen LogP contribution in [0.3, 0.4) is 0 Å². The maximum atomic E-state index is 5.99. The second kappa shape index (κ2) is 4.91. The summed E-state index contributed by atoms with van der Waals surface area (Å²) in [6, 6.07) is 4.19. The Bertz CT molecular complexity index is 618. The van der Waals surface area contributed by atoms with Crippen molar-refractivity contribution >= 4 is 27.0 Å². The molecule has 1 aliphatic rings. The minimum absolute atomic E-state index is 0.300. The molecule has 1 atom stereocenters. The summed E-state index contributed by atoms with van der Waals surface area (Å²) < 4.78 is 9.12. The molecular weight excluding hydrogens is 304 g/mol. The average Bonchev–Trinajstić information content (AvgIpc) is 2.62. The number of hydrogen-bond donors (Lipinski definition) is 0. The van der Waals surface area contributed by atoms with Gasteiger partial charge in [0.15, 0.2) is 0 Å². The predicted molar refractivity (Wildman–Crippen MR) is 80.4 cm³/mol. The van der Waals surface area contributed by atoms with Gasteiger partial charge in [-0.25, -0.2) is 4.98 Å². The summed E-state index contributed by atoms with van der Waals surface area (Å²) in [5.74, 6) is 0. The standard InChI is InChI=1S/C15H19BrN2O/c1-9(2)19-10-4-6-13-12(8-10)11-5-7-14(16)17-15(11)18(13)3/h5,7,9-10H,4,6,8H2,1-3H3. The van der Waals surface area contributed by atoms with E-state index in [0.29, 0.717) is 12.2 Å². The number of rotatable bonds is 2. The number of halogens is 1. The molecule has 0 radical (unpaired) electrons. The monoisotopic (exact) mass is 322 g/mol. The maximum absolute atomic E-state index is 5.99. The van der Waals surface area contributed by atoms with Gasteiger partial charge in [0.1, 0.15) is 10.3 Å². The van der Waals surface area contributed by atoms with Gasteiger partial charge >= 0.3 is 0 Å². The minimum atomic E-state index is 0.300. The van der Waals surface area contributed by atoms with Crippen LogP contribution in [0.15, 0.2) is 16.7 Å². The van der Waals surface area contributed by atoms with Crippen molar-refractivity contribution < 1.29 is 4.74 Å². The Morgan fingerprint density at radius 3 is 2.95 bits per heavy atom. The van der Waals surface area contributed by atoms with E-state index in [4.69, 9.17) is 4.74 Å². The molecule has 3 rings (SSSR count). The molecule has 0 spiro atoms. The molecule has 0 bridgehead atoms. The van der Waals surface area contributed by atoms with E-state index < -0.39 is 0 Å². The number of pyridine rings is 1. The first-order valence-electron chi connectivity index (χ1n) is 6.84. The van der Waals surface area contributed by atoms with Crippen LogP contribution in [0.4, 0.5) is 0 Å². The third-order valence-electron chi connectivity index (χ3n) is 3.84. The van der Waals surface area contributed by atoms with Crippen molar-refractivity contribution in [2.24, 2.45) is 7.05 Å². The Hall–Kier alpha value is -0.870. The number of ether oxygens (including phenoxy) is 1. The zero-order chi connectivity index (χ0) is 13.6. The molecule has 1 unspecified atom stereocenters. The van der Waals surface area contributed by atoms with Gasteiger partial charge < -0.3 is 9.30 Å². The molecule has 19 heavy (non-hydrogen) atoms. The van der Waals surface area contributed by atoms with Crippen molar-refractivity contribution in [3.63, 3.8) is 0 Å². The summed E-state index contributed by atoms with van der Waals surface area (Å²) in [4.78, 5) is 4.60. The lowest BCUT2D eigenvalue weighted by molar-refractivity contribution is 0.000752. The Morgan fingerprint density at radius 1 is 1.42 bits per heavy atom. The number of aromatic nitrogens is 2. The molecule has 0 aromatic carbocycles. The van der Waals surface area contributed by atoms with Crippen LogP contribution in [-0.4, -0.2) is 21.8 Å². The van der Waals surface area contributed by atoms with Crippen LogP contribution in [0, 0.1) is 0 Å². The van der Waals surface area contributed by atoms with Crippen molar-refractivity contribution in [1.82, 2.24) is 9.55 Å². The number of fused-ring (bicyclic) bond motifs is 3. The summed E-state index contributed by atoms with van der Waals surface area (Å²) >= 11 is 3.46. The van der Waals surface area contributed by atoms with Crippen molar-refractivity contribution in [2.45, 2.75) is 45.3 Å². The van der Waals surface area contributed by atoms with E-state index in [1.54, 1.807) is 0 Å². The molecule has 4 heteroatoms. The van der Waals surface area contributed by atoms with Crippen molar-refractivity contribution in [3.8, 4) is 0 Å². The van der Waals surface area contributed by atoms with E-state index in [0.717, 1.165) is 29.5 Å². The molecule has 0 saturated carbocycles. The maximum Gasteiger partial charge on any atom is 0.141 e. The van der Waals surface area contributed by atoms with E-state index in [-0.39, 0.29) is 0 Å². The molecule has 0 N–H and O–H groups in total.